The van der Waals surface area contributed by atoms with E-state index in [1.54, 1.807) is 12.4 Å². The summed E-state index contributed by atoms with van der Waals surface area (Å²) in [5.41, 5.74) is 1.08. The lowest BCUT2D eigenvalue weighted by atomic mass is 10.2. The first-order chi connectivity index (χ1) is 13.8. The second kappa shape index (κ2) is 8.47. The van der Waals surface area contributed by atoms with Crippen molar-refractivity contribution in [3.05, 3.63) is 66.3 Å². The van der Waals surface area contributed by atoms with Crippen LogP contribution in [0.15, 0.2) is 49.1 Å². The Labute approximate surface area is 162 Å². The van der Waals surface area contributed by atoms with Crippen molar-refractivity contribution in [2.24, 2.45) is 0 Å². The number of fused-ring (bicyclic) bond motifs is 1. The highest BCUT2D eigenvalue weighted by Crippen LogP contribution is 2.13. The van der Waals surface area contributed by atoms with Gasteiger partial charge >= 0.3 is 6.03 Å². The van der Waals surface area contributed by atoms with Crippen LogP contribution >= 0.6 is 0 Å². The van der Waals surface area contributed by atoms with Crippen molar-refractivity contribution in [2.45, 2.75) is 26.1 Å². The molecular formula is C19H21N7O2. The molecule has 3 heterocycles. The normalized spacial score (nSPS) is 13.5. The molecule has 0 aliphatic carbocycles. The topological polar surface area (TPSA) is 98.1 Å². The summed E-state index contributed by atoms with van der Waals surface area (Å²) in [4.78, 5) is 22.2. The quantitative estimate of drug-likeness (QED) is 0.720. The zero-order chi connectivity index (χ0) is 19.2. The molecule has 0 spiro atoms. The summed E-state index contributed by atoms with van der Waals surface area (Å²) < 4.78 is 7.70. The molecule has 3 aromatic rings. The molecule has 0 radical (unpaired) electrons. The summed E-state index contributed by atoms with van der Waals surface area (Å²) in [6.45, 7) is 2.62. The smallest absolute Gasteiger partial charge is 0.317 e. The van der Waals surface area contributed by atoms with Crippen LogP contribution in [-0.4, -0.2) is 48.8 Å². The minimum Gasteiger partial charge on any atom is -0.482 e. The number of hydrogen-bond acceptors (Lipinski definition) is 6. The van der Waals surface area contributed by atoms with Gasteiger partial charge in [0.1, 0.15) is 18.8 Å². The number of amides is 2. The third-order valence-electron chi connectivity index (χ3n) is 4.58. The molecule has 144 valence electrons. The Bertz CT molecular complexity index is 915. The van der Waals surface area contributed by atoms with Crippen LogP contribution in [0.2, 0.25) is 0 Å². The Balaban J connectivity index is 1.33. The predicted molar refractivity (Wildman–Crippen MR) is 100 cm³/mol. The number of nitrogens with zero attached hydrogens (tertiary/aromatic N) is 6. The highest BCUT2D eigenvalue weighted by atomic mass is 16.5. The predicted octanol–water partition coefficient (Wildman–Crippen LogP) is 1.42. The fraction of sp³-hybridized carbons (Fsp3) is 0.316. The van der Waals surface area contributed by atoms with Gasteiger partial charge in [-0.1, -0.05) is 30.3 Å². The number of nitrogens with one attached hydrogen (secondary N) is 1. The average molecular weight is 379 g/mol. The van der Waals surface area contributed by atoms with E-state index in [0.717, 1.165) is 17.2 Å². The Hall–Kier alpha value is -3.49. The van der Waals surface area contributed by atoms with E-state index in [1.807, 2.05) is 39.8 Å². The largest absolute Gasteiger partial charge is 0.482 e. The summed E-state index contributed by atoms with van der Waals surface area (Å²) in [6, 6.07) is 9.81. The maximum absolute atomic E-state index is 12.5. The number of carbonyl (C=O) groups excluding carboxylic acids is 1. The highest BCUT2D eigenvalue weighted by Gasteiger charge is 2.21. The lowest BCUT2D eigenvalue weighted by molar-refractivity contribution is 0.198. The van der Waals surface area contributed by atoms with Gasteiger partial charge in [-0.05, 0) is 5.56 Å². The standard InChI is InChI=1S/C19H21N7O2/c27-19(22-10-15-4-2-1-3-5-15)25-7-6-17-23-24-18(26(17)9-8-25)13-28-16-11-20-14-21-12-16/h1-5,11-12,14H,6-10,13H2,(H,22,27). The van der Waals surface area contributed by atoms with Gasteiger partial charge in [-0.3, -0.25) is 0 Å². The molecule has 0 unspecified atom stereocenters. The maximum atomic E-state index is 12.5. The molecule has 9 nitrogen and oxygen atoms in total. The number of carbonyl (C=O) groups is 1. The van der Waals surface area contributed by atoms with Gasteiger partial charge in [-0.25, -0.2) is 14.8 Å². The van der Waals surface area contributed by atoms with Crippen molar-refractivity contribution in [1.82, 2.24) is 34.9 Å². The van der Waals surface area contributed by atoms with Crippen molar-refractivity contribution in [1.29, 1.82) is 0 Å². The van der Waals surface area contributed by atoms with Gasteiger partial charge in [-0.15, -0.1) is 10.2 Å². The molecule has 28 heavy (non-hydrogen) atoms. The van der Waals surface area contributed by atoms with E-state index < -0.39 is 0 Å². The minimum atomic E-state index is -0.0678. The summed E-state index contributed by atoms with van der Waals surface area (Å²) in [5, 5.41) is 11.5. The highest BCUT2D eigenvalue weighted by molar-refractivity contribution is 5.74. The lowest BCUT2D eigenvalue weighted by Gasteiger charge is -2.20. The van der Waals surface area contributed by atoms with E-state index >= 15 is 0 Å². The molecule has 0 saturated carbocycles. The number of aromatic nitrogens is 5. The van der Waals surface area contributed by atoms with Gasteiger partial charge in [0, 0.05) is 32.6 Å². The first-order valence-electron chi connectivity index (χ1n) is 9.15. The molecule has 1 aliphatic heterocycles. The SMILES string of the molecule is O=C(NCc1ccccc1)N1CCc2nnc(COc3cncnc3)n2CC1. The minimum absolute atomic E-state index is 0.0678. The monoisotopic (exact) mass is 379 g/mol. The molecule has 9 heteroatoms. The fourth-order valence-corrected chi connectivity index (χ4v) is 3.09. The van der Waals surface area contributed by atoms with Crippen LogP contribution in [0.25, 0.3) is 0 Å². The first-order valence-corrected chi connectivity index (χ1v) is 9.15. The van der Waals surface area contributed by atoms with Crippen molar-refractivity contribution < 1.29 is 9.53 Å². The van der Waals surface area contributed by atoms with E-state index in [2.05, 4.69) is 25.5 Å². The number of benzene rings is 1. The first kappa shape index (κ1) is 17.9. The van der Waals surface area contributed by atoms with Crippen molar-refractivity contribution in [2.75, 3.05) is 13.1 Å². The fourth-order valence-electron chi connectivity index (χ4n) is 3.09. The van der Waals surface area contributed by atoms with Crippen LogP contribution in [-0.2, 0) is 26.1 Å². The molecule has 0 fully saturated rings. The number of urea groups is 1. The zero-order valence-electron chi connectivity index (χ0n) is 15.4. The van der Waals surface area contributed by atoms with Crippen LogP contribution < -0.4 is 10.1 Å². The summed E-state index contributed by atoms with van der Waals surface area (Å²) in [5.74, 6) is 2.17. The average Bonchev–Trinajstić information content (AvgIpc) is 3.01. The molecule has 0 bridgehead atoms. The van der Waals surface area contributed by atoms with Gasteiger partial charge in [0.15, 0.2) is 11.6 Å². The molecule has 2 aromatic heterocycles. The van der Waals surface area contributed by atoms with E-state index in [0.29, 0.717) is 38.3 Å². The molecule has 1 aromatic carbocycles. The van der Waals surface area contributed by atoms with Crippen LogP contribution in [0.1, 0.15) is 17.2 Å². The lowest BCUT2D eigenvalue weighted by Crippen LogP contribution is -2.41. The summed E-state index contributed by atoms with van der Waals surface area (Å²) >= 11 is 0. The molecule has 0 atom stereocenters. The van der Waals surface area contributed by atoms with Crippen LogP contribution in [0.3, 0.4) is 0 Å². The third kappa shape index (κ3) is 4.25. The number of rotatable bonds is 5. The Morgan fingerprint density at radius 1 is 1.07 bits per heavy atom. The van der Waals surface area contributed by atoms with Crippen molar-refractivity contribution in [3.63, 3.8) is 0 Å². The number of hydrogen-bond donors (Lipinski definition) is 1. The van der Waals surface area contributed by atoms with E-state index in [4.69, 9.17) is 4.74 Å². The summed E-state index contributed by atoms with van der Waals surface area (Å²) in [6.07, 6.45) is 5.31. The van der Waals surface area contributed by atoms with E-state index in [1.165, 1.54) is 6.33 Å². The second-order valence-electron chi connectivity index (χ2n) is 6.43. The van der Waals surface area contributed by atoms with Crippen molar-refractivity contribution in [3.8, 4) is 5.75 Å². The molecule has 0 saturated heterocycles. The van der Waals surface area contributed by atoms with Crippen LogP contribution in [0, 0.1) is 0 Å². The summed E-state index contributed by atoms with van der Waals surface area (Å²) in [7, 11) is 0. The van der Waals surface area contributed by atoms with E-state index in [-0.39, 0.29) is 12.6 Å². The van der Waals surface area contributed by atoms with E-state index in [9.17, 15) is 4.79 Å². The maximum Gasteiger partial charge on any atom is 0.317 e. The molecule has 4 rings (SSSR count). The Morgan fingerprint density at radius 3 is 2.71 bits per heavy atom. The van der Waals surface area contributed by atoms with Gasteiger partial charge in [0.25, 0.3) is 0 Å². The van der Waals surface area contributed by atoms with Gasteiger partial charge in [0.05, 0.1) is 12.4 Å². The number of ether oxygens (including phenoxy) is 1. The Morgan fingerprint density at radius 2 is 1.89 bits per heavy atom. The molecular weight excluding hydrogens is 358 g/mol. The molecule has 1 aliphatic rings. The van der Waals surface area contributed by atoms with Crippen LogP contribution in [0.4, 0.5) is 4.79 Å². The Kier molecular flexibility index (Phi) is 5.41. The second-order valence-corrected chi connectivity index (χ2v) is 6.43. The van der Waals surface area contributed by atoms with Crippen LogP contribution in [0.5, 0.6) is 5.75 Å². The molecule has 1 N–H and O–H groups in total. The van der Waals surface area contributed by atoms with Gasteiger partial charge in [-0.2, -0.15) is 0 Å². The van der Waals surface area contributed by atoms with Crippen molar-refractivity contribution >= 4 is 6.03 Å². The molecule has 2 amide bonds. The third-order valence-corrected chi connectivity index (χ3v) is 4.58. The van der Waals surface area contributed by atoms with Gasteiger partial charge in [0.2, 0.25) is 0 Å². The van der Waals surface area contributed by atoms with Gasteiger partial charge < -0.3 is 19.5 Å². The zero-order valence-corrected chi connectivity index (χ0v) is 15.4.